The SMILES string of the molecule is CCN1CCN(c2c(CO)c(Cl)nc3ccc(OC)cc23)CC1. The molecule has 1 aliphatic heterocycles. The number of aromatic nitrogens is 1. The molecule has 1 N–H and O–H groups in total. The second-order valence-electron chi connectivity index (χ2n) is 5.69. The molecule has 3 rings (SSSR count). The average Bonchev–Trinajstić information content (AvgIpc) is 2.60. The number of hydrogen-bond donors (Lipinski definition) is 1. The van der Waals surface area contributed by atoms with E-state index in [0.29, 0.717) is 10.7 Å². The van der Waals surface area contributed by atoms with Crippen LogP contribution in [0.2, 0.25) is 5.15 Å². The van der Waals surface area contributed by atoms with Crippen LogP contribution in [0.5, 0.6) is 5.75 Å². The number of benzene rings is 1. The van der Waals surface area contributed by atoms with Crippen LogP contribution in [-0.4, -0.2) is 54.8 Å². The van der Waals surface area contributed by atoms with Crippen molar-refractivity contribution in [2.75, 3.05) is 44.7 Å². The van der Waals surface area contributed by atoms with Crippen molar-refractivity contribution in [3.63, 3.8) is 0 Å². The highest BCUT2D eigenvalue weighted by Gasteiger charge is 2.23. The highest BCUT2D eigenvalue weighted by atomic mass is 35.5. The Bertz CT molecular complexity index is 700. The maximum atomic E-state index is 9.82. The summed E-state index contributed by atoms with van der Waals surface area (Å²) >= 11 is 6.32. The van der Waals surface area contributed by atoms with Gasteiger partial charge in [0.15, 0.2) is 0 Å². The largest absolute Gasteiger partial charge is 0.497 e. The second kappa shape index (κ2) is 6.91. The molecule has 0 radical (unpaired) electrons. The molecule has 1 aromatic heterocycles. The lowest BCUT2D eigenvalue weighted by Gasteiger charge is -2.37. The van der Waals surface area contributed by atoms with Gasteiger partial charge in [-0.25, -0.2) is 4.98 Å². The number of pyridine rings is 1. The predicted octanol–water partition coefficient (Wildman–Crippen LogP) is 2.53. The number of ether oxygens (including phenoxy) is 1. The van der Waals surface area contributed by atoms with Crippen LogP contribution in [0, 0.1) is 0 Å². The van der Waals surface area contributed by atoms with E-state index in [0.717, 1.165) is 55.1 Å². The van der Waals surface area contributed by atoms with Gasteiger partial charge in [0.1, 0.15) is 10.9 Å². The third kappa shape index (κ3) is 3.09. The predicted molar refractivity (Wildman–Crippen MR) is 93.6 cm³/mol. The van der Waals surface area contributed by atoms with Gasteiger partial charge in [-0.1, -0.05) is 18.5 Å². The van der Waals surface area contributed by atoms with Gasteiger partial charge in [0, 0.05) is 37.1 Å². The summed E-state index contributed by atoms with van der Waals surface area (Å²) in [5.41, 5.74) is 2.50. The number of aliphatic hydroxyl groups is 1. The Morgan fingerprint density at radius 1 is 1.26 bits per heavy atom. The van der Waals surface area contributed by atoms with Crippen molar-refractivity contribution in [2.24, 2.45) is 0 Å². The van der Waals surface area contributed by atoms with Crippen LogP contribution in [0.15, 0.2) is 18.2 Å². The van der Waals surface area contributed by atoms with Crippen LogP contribution in [-0.2, 0) is 6.61 Å². The molecule has 1 aliphatic rings. The van der Waals surface area contributed by atoms with Crippen molar-refractivity contribution in [3.8, 4) is 5.75 Å². The summed E-state index contributed by atoms with van der Waals surface area (Å²) in [6, 6.07) is 5.76. The van der Waals surface area contributed by atoms with Gasteiger partial charge in [0.05, 0.1) is 24.9 Å². The second-order valence-corrected chi connectivity index (χ2v) is 6.05. The van der Waals surface area contributed by atoms with Gasteiger partial charge in [-0.15, -0.1) is 0 Å². The molecule has 0 spiro atoms. The minimum absolute atomic E-state index is 0.123. The Kier molecular flexibility index (Phi) is 4.90. The Hall–Kier alpha value is -1.56. The van der Waals surface area contributed by atoms with Crippen LogP contribution < -0.4 is 9.64 Å². The van der Waals surface area contributed by atoms with Gasteiger partial charge >= 0.3 is 0 Å². The van der Waals surface area contributed by atoms with Gasteiger partial charge < -0.3 is 19.6 Å². The molecule has 23 heavy (non-hydrogen) atoms. The van der Waals surface area contributed by atoms with Crippen molar-refractivity contribution < 1.29 is 9.84 Å². The standard InChI is InChI=1S/C17H22ClN3O2/c1-3-20-6-8-21(9-7-20)16-13-10-12(23-2)4-5-15(13)19-17(18)14(16)11-22/h4-5,10,22H,3,6-9,11H2,1-2H3. The lowest BCUT2D eigenvalue weighted by Crippen LogP contribution is -2.46. The van der Waals surface area contributed by atoms with E-state index in [9.17, 15) is 5.11 Å². The first-order valence-electron chi connectivity index (χ1n) is 7.92. The number of hydrogen-bond acceptors (Lipinski definition) is 5. The van der Waals surface area contributed by atoms with Crippen molar-refractivity contribution in [1.82, 2.24) is 9.88 Å². The van der Waals surface area contributed by atoms with E-state index in [4.69, 9.17) is 16.3 Å². The van der Waals surface area contributed by atoms with E-state index < -0.39 is 0 Å². The number of likely N-dealkylation sites (N-methyl/N-ethyl adjacent to an activating group) is 1. The molecule has 0 saturated carbocycles. The molecule has 1 saturated heterocycles. The lowest BCUT2D eigenvalue weighted by molar-refractivity contribution is 0.267. The van der Waals surface area contributed by atoms with Gasteiger partial charge in [-0.3, -0.25) is 0 Å². The van der Waals surface area contributed by atoms with E-state index in [-0.39, 0.29) is 6.61 Å². The molecule has 6 heteroatoms. The summed E-state index contributed by atoms with van der Waals surface area (Å²) in [6.07, 6.45) is 0. The molecule has 0 atom stereocenters. The van der Waals surface area contributed by atoms with Gasteiger partial charge in [-0.2, -0.15) is 0 Å². The summed E-state index contributed by atoms with van der Waals surface area (Å²) in [5.74, 6) is 0.777. The fourth-order valence-corrected chi connectivity index (χ4v) is 3.39. The Labute approximate surface area is 141 Å². The maximum absolute atomic E-state index is 9.82. The first-order chi connectivity index (χ1) is 11.2. The number of methoxy groups -OCH3 is 1. The molecule has 1 aromatic carbocycles. The molecule has 2 aromatic rings. The van der Waals surface area contributed by atoms with E-state index in [1.165, 1.54) is 0 Å². The van der Waals surface area contributed by atoms with E-state index >= 15 is 0 Å². The van der Waals surface area contributed by atoms with E-state index in [1.54, 1.807) is 7.11 Å². The average molecular weight is 336 g/mol. The number of piperazine rings is 1. The molecule has 0 amide bonds. The number of rotatable bonds is 4. The van der Waals surface area contributed by atoms with E-state index in [1.807, 2.05) is 18.2 Å². The van der Waals surface area contributed by atoms with Gasteiger partial charge in [0.2, 0.25) is 0 Å². The van der Waals surface area contributed by atoms with Crippen LogP contribution >= 0.6 is 11.6 Å². The van der Waals surface area contributed by atoms with Crippen LogP contribution in [0.3, 0.4) is 0 Å². The van der Waals surface area contributed by atoms with Crippen molar-refractivity contribution in [1.29, 1.82) is 0 Å². The molecular formula is C17H22ClN3O2. The third-order valence-corrected chi connectivity index (χ3v) is 4.82. The fourth-order valence-electron chi connectivity index (χ4n) is 3.15. The topological polar surface area (TPSA) is 48.8 Å². The Morgan fingerprint density at radius 3 is 2.61 bits per heavy atom. The Balaban J connectivity index is 2.12. The highest BCUT2D eigenvalue weighted by Crippen LogP contribution is 2.36. The first-order valence-corrected chi connectivity index (χ1v) is 8.30. The molecule has 0 unspecified atom stereocenters. The summed E-state index contributed by atoms with van der Waals surface area (Å²) in [4.78, 5) is 9.14. The number of anilines is 1. The summed E-state index contributed by atoms with van der Waals surface area (Å²) in [6.45, 7) is 6.95. The summed E-state index contributed by atoms with van der Waals surface area (Å²) < 4.78 is 5.35. The minimum Gasteiger partial charge on any atom is -0.497 e. The Morgan fingerprint density at radius 2 is 2.00 bits per heavy atom. The smallest absolute Gasteiger partial charge is 0.137 e. The third-order valence-electron chi connectivity index (χ3n) is 4.51. The van der Waals surface area contributed by atoms with Crippen LogP contribution in [0.25, 0.3) is 10.9 Å². The van der Waals surface area contributed by atoms with Crippen molar-refractivity contribution in [3.05, 3.63) is 28.9 Å². The van der Waals surface area contributed by atoms with Gasteiger partial charge in [-0.05, 0) is 24.7 Å². The number of halogens is 1. The van der Waals surface area contributed by atoms with Gasteiger partial charge in [0.25, 0.3) is 0 Å². The maximum Gasteiger partial charge on any atom is 0.137 e. The number of nitrogens with zero attached hydrogens (tertiary/aromatic N) is 3. The molecular weight excluding hydrogens is 314 g/mol. The summed E-state index contributed by atoms with van der Waals surface area (Å²) in [5, 5.41) is 11.2. The minimum atomic E-state index is -0.123. The normalized spacial score (nSPS) is 16.1. The van der Waals surface area contributed by atoms with Crippen molar-refractivity contribution >= 4 is 28.2 Å². The monoisotopic (exact) mass is 335 g/mol. The first kappa shape index (κ1) is 16.3. The number of aliphatic hydroxyl groups excluding tert-OH is 1. The highest BCUT2D eigenvalue weighted by molar-refractivity contribution is 6.31. The van der Waals surface area contributed by atoms with Crippen molar-refractivity contribution in [2.45, 2.75) is 13.5 Å². The quantitative estimate of drug-likeness (QED) is 0.870. The molecule has 0 aliphatic carbocycles. The zero-order valence-electron chi connectivity index (χ0n) is 13.5. The molecule has 124 valence electrons. The molecule has 0 bridgehead atoms. The molecule has 1 fully saturated rings. The van der Waals surface area contributed by atoms with Crippen LogP contribution in [0.1, 0.15) is 12.5 Å². The summed E-state index contributed by atoms with van der Waals surface area (Å²) in [7, 11) is 1.65. The van der Waals surface area contributed by atoms with Crippen LogP contribution in [0.4, 0.5) is 5.69 Å². The fraction of sp³-hybridized carbons (Fsp3) is 0.471. The zero-order chi connectivity index (χ0) is 16.4. The number of fused-ring (bicyclic) bond motifs is 1. The molecule has 5 nitrogen and oxygen atoms in total. The molecule has 2 heterocycles. The van der Waals surface area contributed by atoms with E-state index in [2.05, 4.69) is 21.7 Å². The zero-order valence-corrected chi connectivity index (χ0v) is 14.3. The lowest BCUT2D eigenvalue weighted by atomic mass is 10.1.